The molecule has 0 bridgehead atoms. The third-order valence-electron chi connectivity index (χ3n) is 2.65. The predicted octanol–water partition coefficient (Wildman–Crippen LogP) is 1.95. The number of aryl methyl sites for hydroxylation is 1. The van der Waals surface area contributed by atoms with Crippen molar-refractivity contribution in [1.29, 1.82) is 5.26 Å². The molecule has 1 amide bonds. The Morgan fingerprint density at radius 2 is 2.41 bits per heavy atom. The van der Waals surface area contributed by atoms with Crippen LogP contribution in [0.4, 0.5) is 0 Å². The minimum atomic E-state index is -0.544. The van der Waals surface area contributed by atoms with Crippen molar-refractivity contribution in [3.05, 3.63) is 29.6 Å². The predicted molar refractivity (Wildman–Crippen MR) is 64.8 cm³/mol. The summed E-state index contributed by atoms with van der Waals surface area (Å²) in [5, 5.41) is 11.6. The van der Waals surface area contributed by atoms with Gasteiger partial charge in [0, 0.05) is 18.9 Å². The number of amides is 1. The molecule has 0 aliphatic heterocycles. The topological polar surface area (TPSA) is 65.8 Å². The molecule has 4 heteroatoms. The Morgan fingerprint density at radius 3 is 3.00 bits per heavy atom. The molecular formula is C13H17N3O. The monoisotopic (exact) mass is 231 g/mol. The van der Waals surface area contributed by atoms with E-state index < -0.39 is 5.92 Å². The molecule has 0 spiro atoms. The number of carbonyl (C=O) groups is 1. The Balaban J connectivity index is 2.54. The Kier molecular flexibility index (Phi) is 5.15. The molecule has 0 saturated heterocycles. The lowest BCUT2D eigenvalue weighted by molar-refractivity contribution is -0.123. The molecule has 1 atom stereocenters. The highest BCUT2D eigenvalue weighted by Gasteiger charge is 2.16. The normalized spacial score (nSPS) is 11.6. The van der Waals surface area contributed by atoms with E-state index in [4.69, 9.17) is 5.26 Å². The number of rotatable bonds is 5. The second-order valence-corrected chi connectivity index (χ2v) is 3.99. The van der Waals surface area contributed by atoms with E-state index >= 15 is 0 Å². The van der Waals surface area contributed by atoms with Crippen molar-refractivity contribution in [2.75, 3.05) is 0 Å². The number of hydrogen-bond acceptors (Lipinski definition) is 3. The maximum Gasteiger partial charge on any atom is 0.237 e. The summed E-state index contributed by atoms with van der Waals surface area (Å²) in [5.74, 6) is -0.741. The maximum absolute atomic E-state index is 11.7. The molecule has 17 heavy (non-hydrogen) atoms. The fraction of sp³-hybridized carbons (Fsp3) is 0.462. The first-order chi connectivity index (χ1) is 8.19. The third-order valence-corrected chi connectivity index (χ3v) is 2.65. The lowest BCUT2D eigenvalue weighted by atomic mass is 10.0. The molecule has 0 radical (unpaired) electrons. The van der Waals surface area contributed by atoms with Crippen molar-refractivity contribution in [3.8, 4) is 6.07 Å². The smallest absolute Gasteiger partial charge is 0.237 e. The zero-order valence-electron chi connectivity index (χ0n) is 10.2. The van der Waals surface area contributed by atoms with Gasteiger partial charge in [0.05, 0.1) is 6.07 Å². The van der Waals surface area contributed by atoms with Crippen molar-refractivity contribution in [3.63, 3.8) is 0 Å². The van der Waals surface area contributed by atoms with Crippen molar-refractivity contribution in [2.45, 2.75) is 33.2 Å². The summed E-state index contributed by atoms with van der Waals surface area (Å²) in [4.78, 5) is 15.7. The quantitative estimate of drug-likeness (QED) is 0.842. The van der Waals surface area contributed by atoms with E-state index in [-0.39, 0.29) is 5.91 Å². The molecule has 1 unspecified atom stereocenters. The Labute approximate surface area is 102 Å². The van der Waals surface area contributed by atoms with Crippen molar-refractivity contribution in [1.82, 2.24) is 10.3 Å². The van der Waals surface area contributed by atoms with Crippen LogP contribution in [-0.2, 0) is 11.3 Å². The van der Waals surface area contributed by atoms with Crippen LogP contribution < -0.4 is 5.32 Å². The highest BCUT2D eigenvalue weighted by atomic mass is 16.1. The van der Waals surface area contributed by atoms with Gasteiger partial charge in [-0.05, 0) is 30.5 Å². The largest absolute Gasteiger partial charge is 0.351 e. The summed E-state index contributed by atoms with van der Waals surface area (Å²) in [6.07, 6.45) is 4.89. The first-order valence-corrected chi connectivity index (χ1v) is 5.75. The summed E-state index contributed by atoms with van der Waals surface area (Å²) in [7, 11) is 0. The SMILES string of the molecule is CCCC(C#N)C(=O)NCc1cnccc1C. The van der Waals surface area contributed by atoms with Gasteiger partial charge in [0.2, 0.25) is 5.91 Å². The molecule has 0 aliphatic rings. The van der Waals surface area contributed by atoms with Crippen LogP contribution in [0.3, 0.4) is 0 Å². The standard InChI is InChI=1S/C13H17N3O/c1-3-4-11(7-14)13(17)16-9-12-8-15-6-5-10(12)2/h5-6,8,11H,3-4,9H2,1-2H3,(H,16,17). The summed E-state index contributed by atoms with van der Waals surface area (Å²) < 4.78 is 0. The number of pyridine rings is 1. The Bertz CT molecular complexity index is 423. The molecule has 1 aromatic rings. The van der Waals surface area contributed by atoms with Crippen LogP contribution in [0.1, 0.15) is 30.9 Å². The number of nitrogens with one attached hydrogen (secondary N) is 1. The minimum absolute atomic E-state index is 0.197. The number of nitriles is 1. The van der Waals surface area contributed by atoms with Crippen LogP contribution in [0.2, 0.25) is 0 Å². The molecule has 1 heterocycles. The zero-order valence-corrected chi connectivity index (χ0v) is 10.2. The average molecular weight is 231 g/mol. The first kappa shape index (κ1) is 13.2. The molecule has 0 aliphatic carbocycles. The van der Waals surface area contributed by atoms with Crippen LogP contribution in [0, 0.1) is 24.2 Å². The zero-order chi connectivity index (χ0) is 12.7. The lowest BCUT2D eigenvalue weighted by Gasteiger charge is -2.10. The average Bonchev–Trinajstić information content (AvgIpc) is 2.34. The Hall–Kier alpha value is -1.89. The van der Waals surface area contributed by atoms with E-state index in [0.29, 0.717) is 13.0 Å². The summed E-state index contributed by atoms with van der Waals surface area (Å²) in [5.41, 5.74) is 2.07. The minimum Gasteiger partial charge on any atom is -0.351 e. The van der Waals surface area contributed by atoms with E-state index in [1.54, 1.807) is 12.4 Å². The van der Waals surface area contributed by atoms with Crippen molar-refractivity contribution >= 4 is 5.91 Å². The summed E-state index contributed by atoms with van der Waals surface area (Å²) >= 11 is 0. The van der Waals surface area contributed by atoms with E-state index in [1.165, 1.54) is 0 Å². The van der Waals surface area contributed by atoms with Gasteiger partial charge in [-0.2, -0.15) is 5.26 Å². The molecule has 0 fully saturated rings. The van der Waals surface area contributed by atoms with Gasteiger partial charge in [0.25, 0.3) is 0 Å². The molecule has 0 aromatic carbocycles. The highest BCUT2D eigenvalue weighted by Crippen LogP contribution is 2.07. The molecule has 1 aromatic heterocycles. The lowest BCUT2D eigenvalue weighted by Crippen LogP contribution is -2.29. The van der Waals surface area contributed by atoms with Crippen molar-refractivity contribution < 1.29 is 4.79 Å². The van der Waals surface area contributed by atoms with Crippen molar-refractivity contribution in [2.24, 2.45) is 5.92 Å². The molecule has 0 saturated carbocycles. The fourth-order valence-corrected chi connectivity index (χ4v) is 1.53. The number of carbonyl (C=O) groups excluding carboxylic acids is 1. The van der Waals surface area contributed by atoms with Gasteiger partial charge in [-0.25, -0.2) is 0 Å². The molecule has 1 rings (SSSR count). The van der Waals surface area contributed by atoms with E-state index in [2.05, 4.69) is 10.3 Å². The van der Waals surface area contributed by atoms with Crippen LogP contribution >= 0.6 is 0 Å². The third kappa shape index (κ3) is 3.87. The highest BCUT2D eigenvalue weighted by molar-refractivity contribution is 5.80. The van der Waals surface area contributed by atoms with Gasteiger partial charge in [0.15, 0.2) is 0 Å². The number of nitrogens with zero attached hydrogens (tertiary/aromatic N) is 2. The first-order valence-electron chi connectivity index (χ1n) is 5.75. The van der Waals surface area contributed by atoms with Crippen LogP contribution in [-0.4, -0.2) is 10.9 Å². The van der Waals surface area contributed by atoms with Crippen LogP contribution in [0.25, 0.3) is 0 Å². The molecule has 1 N–H and O–H groups in total. The fourth-order valence-electron chi connectivity index (χ4n) is 1.53. The second-order valence-electron chi connectivity index (χ2n) is 3.99. The maximum atomic E-state index is 11.7. The summed E-state index contributed by atoms with van der Waals surface area (Å²) in [6, 6.07) is 3.92. The van der Waals surface area contributed by atoms with Crippen LogP contribution in [0.5, 0.6) is 0 Å². The van der Waals surface area contributed by atoms with Gasteiger partial charge in [0.1, 0.15) is 5.92 Å². The van der Waals surface area contributed by atoms with Gasteiger partial charge >= 0.3 is 0 Å². The molecule has 90 valence electrons. The molecular weight excluding hydrogens is 214 g/mol. The van der Waals surface area contributed by atoms with E-state index in [9.17, 15) is 4.79 Å². The van der Waals surface area contributed by atoms with E-state index in [0.717, 1.165) is 17.5 Å². The van der Waals surface area contributed by atoms with E-state index in [1.807, 2.05) is 26.0 Å². The second kappa shape index (κ2) is 6.64. The Morgan fingerprint density at radius 1 is 1.65 bits per heavy atom. The number of aromatic nitrogens is 1. The van der Waals surface area contributed by atoms with Gasteiger partial charge in [-0.1, -0.05) is 13.3 Å². The van der Waals surface area contributed by atoms with Crippen LogP contribution in [0.15, 0.2) is 18.5 Å². The van der Waals surface area contributed by atoms with Gasteiger partial charge in [-0.15, -0.1) is 0 Å². The van der Waals surface area contributed by atoms with Gasteiger partial charge in [-0.3, -0.25) is 9.78 Å². The number of hydrogen-bond donors (Lipinski definition) is 1. The summed E-state index contributed by atoms with van der Waals surface area (Å²) in [6.45, 7) is 4.36. The van der Waals surface area contributed by atoms with Gasteiger partial charge < -0.3 is 5.32 Å². The molecule has 4 nitrogen and oxygen atoms in total.